The smallest absolute Gasteiger partial charge is 0.406 e. The number of alkyl halides is 3. The second-order valence-electron chi connectivity index (χ2n) is 7.49. The van der Waals surface area contributed by atoms with E-state index >= 15 is 0 Å². The van der Waals surface area contributed by atoms with E-state index in [1.165, 1.54) is 4.90 Å². The summed E-state index contributed by atoms with van der Waals surface area (Å²) >= 11 is 0. The lowest BCUT2D eigenvalue weighted by Crippen LogP contribution is -2.48. The zero-order valence-corrected chi connectivity index (χ0v) is 16.0. The van der Waals surface area contributed by atoms with Gasteiger partial charge in [0, 0.05) is 24.7 Å². The number of anilines is 1. The van der Waals surface area contributed by atoms with Crippen LogP contribution in [0, 0.1) is 11.8 Å². The lowest BCUT2D eigenvalue weighted by molar-refractivity contribution is -0.168. The van der Waals surface area contributed by atoms with Crippen molar-refractivity contribution in [1.82, 2.24) is 4.90 Å². The van der Waals surface area contributed by atoms with E-state index in [1.807, 2.05) is 6.92 Å². The van der Waals surface area contributed by atoms with Crippen LogP contribution >= 0.6 is 0 Å². The Morgan fingerprint density at radius 2 is 1.93 bits per heavy atom. The van der Waals surface area contributed by atoms with E-state index in [0.717, 1.165) is 17.7 Å². The zero-order valence-electron chi connectivity index (χ0n) is 16.0. The second-order valence-corrected chi connectivity index (χ2v) is 7.49. The van der Waals surface area contributed by atoms with E-state index in [2.05, 4.69) is 0 Å². The molecule has 2 fully saturated rings. The quantitative estimate of drug-likeness (QED) is 0.705. The summed E-state index contributed by atoms with van der Waals surface area (Å²) in [5, 5.41) is 0. The number of amides is 2. The molecule has 1 aliphatic heterocycles. The largest absolute Gasteiger partial charge is 0.494 e. The van der Waals surface area contributed by atoms with Crippen molar-refractivity contribution in [3.8, 4) is 5.75 Å². The Kier molecular flexibility index (Phi) is 5.86. The number of carbonyl (C=O) groups is 2. The van der Waals surface area contributed by atoms with Crippen LogP contribution in [0.1, 0.15) is 33.1 Å². The van der Waals surface area contributed by atoms with Crippen LogP contribution in [0.15, 0.2) is 24.3 Å². The van der Waals surface area contributed by atoms with Gasteiger partial charge < -0.3 is 14.5 Å². The maximum atomic E-state index is 13.0. The fraction of sp³-hybridized carbons (Fsp3) is 0.600. The van der Waals surface area contributed by atoms with Crippen molar-refractivity contribution in [3.63, 3.8) is 0 Å². The van der Waals surface area contributed by atoms with Gasteiger partial charge in [0.05, 0.1) is 12.5 Å². The molecule has 0 N–H and O–H groups in total. The Hall–Kier alpha value is -2.25. The summed E-state index contributed by atoms with van der Waals surface area (Å²) in [6.45, 7) is 2.88. The fourth-order valence-corrected chi connectivity index (χ4v) is 3.69. The average molecular weight is 398 g/mol. The number of ether oxygens (including phenoxy) is 1. The molecule has 1 aromatic carbocycles. The maximum Gasteiger partial charge on any atom is 0.406 e. The van der Waals surface area contributed by atoms with Crippen LogP contribution < -0.4 is 9.64 Å². The van der Waals surface area contributed by atoms with Crippen molar-refractivity contribution in [2.75, 3.05) is 24.6 Å². The molecule has 1 saturated carbocycles. The first kappa shape index (κ1) is 20.5. The van der Waals surface area contributed by atoms with Gasteiger partial charge in [-0.25, -0.2) is 0 Å². The second kappa shape index (κ2) is 8.01. The molecule has 1 aliphatic carbocycles. The predicted octanol–water partition coefficient (Wildman–Crippen LogP) is 3.63. The Bertz CT molecular complexity index is 716. The van der Waals surface area contributed by atoms with Crippen LogP contribution in [0.3, 0.4) is 0 Å². The molecule has 1 aromatic rings. The van der Waals surface area contributed by atoms with Crippen molar-refractivity contribution in [2.24, 2.45) is 11.8 Å². The van der Waals surface area contributed by atoms with Gasteiger partial charge in [-0.3, -0.25) is 9.59 Å². The van der Waals surface area contributed by atoms with E-state index in [1.54, 1.807) is 31.2 Å². The molecule has 0 radical (unpaired) electrons. The normalized spacial score (nSPS) is 21.0. The van der Waals surface area contributed by atoms with Gasteiger partial charge in [-0.05, 0) is 56.9 Å². The van der Waals surface area contributed by atoms with E-state index < -0.39 is 30.6 Å². The zero-order chi connectivity index (χ0) is 20.5. The van der Waals surface area contributed by atoms with Crippen LogP contribution in [-0.2, 0) is 9.59 Å². The summed E-state index contributed by atoms with van der Waals surface area (Å²) in [4.78, 5) is 27.7. The summed E-state index contributed by atoms with van der Waals surface area (Å²) in [5.74, 6) is -0.819. The molecule has 28 heavy (non-hydrogen) atoms. The summed E-state index contributed by atoms with van der Waals surface area (Å²) in [7, 11) is 0. The minimum Gasteiger partial charge on any atom is -0.494 e. The van der Waals surface area contributed by atoms with E-state index in [0.29, 0.717) is 18.0 Å². The van der Waals surface area contributed by atoms with E-state index in [9.17, 15) is 22.8 Å². The minimum absolute atomic E-state index is 0.0716. The van der Waals surface area contributed by atoms with Crippen molar-refractivity contribution < 1.29 is 27.5 Å². The standard InChI is InChI=1S/C20H25F3N2O3/c1-3-28-17-8-6-16(7-9-17)24-11-15(10-18(24)26)19(27)25(12-20(21,22)23)13(2)14-4-5-14/h6-9,13-15H,3-5,10-12H2,1-2H3/t13-,15+/m1/s1. The fourth-order valence-electron chi connectivity index (χ4n) is 3.69. The van der Waals surface area contributed by atoms with Crippen molar-refractivity contribution in [1.29, 1.82) is 0 Å². The highest BCUT2D eigenvalue weighted by Crippen LogP contribution is 2.37. The molecule has 0 aromatic heterocycles. The van der Waals surface area contributed by atoms with Crippen LogP contribution in [0.25, 0.3) is 0 Å². The third-order valence-corrected chi connectivity index (χ3v) is 5.36. The Labute approximate surface area is 162 Å². The third-order valence-electron chi connectivity index (χ3n) is 5.36. The highest BCUT2D eigenvalue weighted by Gasteiger charge is 2.44. The molecule has 0 spiro atoms. The van der Waals surface area contributed by atoms with Gasteiger partial charge in [0.1, 0.15) is 12.3 Å². The first-order valence-electron chi connectivity index (χ1n) is 9.60. The van der Waals surface area contributed by atoms with E-state index in [4.69, 9.17) is 4.74 Å². The van der Waals surface area contributed by atoms with Crippen LogP contribution in [0.2, 0.25) is 0 Å². The number of nitrogens with zero attached hydrogens (tertiary/aromatic N) is 2. The summed E-state index contributed by atoms with van der Waals surface area (Å²) in [6, 6.07) is 6.42. The number of hydrogen-bond donors (Lipinski definition) is 0. The van der Waals surface area contributed by atoms with Gasteiger partial charge in [0.25, 0.3) is 0 Å². The highest BCUT2D eigenvalue weighted by atomic mass is 19.4. The Morgan fingerprint density at radius 1 is 1.29 bits per heavy atom. The van der Waals surface area contributed by atoms with Gasteiger partial charge in [0.2, 0.25) is 11.8 Å². The maximum absolute atomic E-state index is 13.0. The van der Waals surface area contributed by atoms with Gasteiger partial charge in [-0.2, -0.15) is 13.2 Å². The molecule has 2 amide bonds. The molecule has 0 unspecified atom stereocenters. The topological polar surface area (TPSA) is 49.9 Å². The molecule has 2 atom stereocenters. The van der Waals surface area contributed by atoms with Crippen LogP contribution in [0.4, 0.5) is 18.9 Å². The highest BCUT2D eigenvalue weighted by molar-refractivity contribution is 6.00. The molecule has 0 bridgehead atoms. The van der Waals surface area contributed by atoms with Crippen LogP contribution in [-0.4, -0.2) is 48.6 Å². The van der Waals surface area contributed by atoms with Crippen molar-refractivity contribution in [3.05, 3.63) is 24.3 Å². The summed E-state index contributed by atoms with van der Waals surface area (Å²) in [6.07, 6.45) is -2.86. The lowest BCUT2D eigenvalue weighted by atomic mass is 10.0. The average Bonchev–Trinajstić information content (AvgIpc) is 3.41. The first-order valence-corrected chi connectivity index (χ1v) is 9.60. The molecule has 1 heterocycles. The number of hydrogen-bond acceptors (Lipinski definition) is 3. The summed E-state index contributed by atoms with van der Waals surface area (Å²) < 4.78 is 44.5. The molecule has 3 rings (SSSR count). The number of rotatable bonds is 7. The van der Waals surface area contributed by atoms with Crippen molar-refractivity contribution >= 4 is 17.5 Å². The van der Waals surface area contributed by atoms with E-state index in [-0.39, 0.29) is 24.8 Å². The van der Waals surface area contributed by atoms with Gasteiger partial charge in [-0.15, -0.1) is 0 Å². The molecule has 5 nitrogen and oxygen atoms in total. The van der Waals surface area contributed by atoms with Gasteiger partial charge >= 0.3 is 6.18 Å². The molecular weight excluding hydrogens is 373 g/mol. The first-order chi connectivity index (χ1) is 13.2. The molecule has 1 saturated heterocycles. The lowest BCUT2D eigenvalue weighted by Gasteiger charge is -2.32. The van der Waals surface area contributed by atoms with Gasteiger partial charge in [-0.1, -0.05) is 0 Å². The monoisotopic (exact) mass is 398 g/mol. The number of halogens is 3. The number of benzene rings is 1. The molecule has 154 valence electrons. The third kappa shape index (κ3) is 4.77. The predicted molar refractivity (Wildman–Crippen MR) is 98.0 cm³/mol. The Balaban J connectivity index is 1.72. The molecule has 8 heteroatoms. The Morgan fingerprint density at radius 3 is 2.46 bits per heavy atom. The number of carbonyl (C=O) groups excluding carboxylic acids is 2. The summed E-state index contributed by atoms with van der Waals surface area (Å²) in [5.41, 5.74) is 0.612. The van der Waals surface area contributed by atoms with Crippen molar-refractivity contribution in [2.45, 2.75) is 45.3 Å². The molecular formula is C20H25F3N2O3. The van der Waals surface area contributed by atoms with Crippen LogP contribution in [0.5, 0.6) is 5.75 Å². The molecule has 2 aliphatic rings. The SMILES string of the molecule is CCOc1ccc(N2C[C@@H](C(=O)N(CC(F)(F)F)[C@H](C)C3CC3)CC2=O)cc1. The minimum atomic E-state index is -4.46. The van der Waals surface area contributed by atoms with Gasteiger partial charge in [0.15, 0.2) is 0 Å².